The van der Waals surface area contributed by atoms with Crippen molar-refractivity contribution in [3.8, 4) is 0 Å². The molecular formula is C47H91N3O4. The van der Waals surface area contributed by atoms with E-state index in [-0.39, 0.29) is 5.97 Å². The summed E-state index contributed by atoms with van der Waals surface area (Å²) in [7, 11) is 2.15. The minimum absolute atomic E-state index is 0.139. The number of hydrogen-bond donors (Lipinski definition) is 2. The van der Waals surface area contributed by atoms with E-state index in [9.17, 15) is 15.0 Å². The highest BCUT2D eigenvalue weighted by Crippen LogP contribution is 2.14. The summed E-state index contributed by atoms with van der Waals surface area (Å²) in [6.07, 6.45) is 41.7. The summed E-state index contributed by atoms with van der Waals surface area (Å²) >= 11 is 0. The summed E-state index contributed by atoms with van der Waals surface area (Å²) in [5, 5.41) is 21.9. The van der Waals surface area contributed by atoms with Gasteiger partial charge in [-0.3, -0.25) is 14.6 Å². The second-order valence-electron chi connectivity index (χ2n) is 16.6. The third kappa shape index (κ3) is 34.0. The number of ether oxygens (including phenoxy) is 1. The lowest BCUT2D eigenvalue weighted by atomic mass is 10.1. The highest BCUT2D eigenvalue weighted by atomic mass is 16.5. The minimum Gasteiger partial charge on any atom is -0.464 e. The number of rotatable bonds is 39. The summed E-state index contributed by atoms with van der Waals surface area (Å²) in [6.45, 7) is 11.8. The molecule has 2 N–H and O–H groups in total. The zero-order chi connectivity index (χ0) is 39.2. The van der Waals surface area contributed by atoms with Crippen molar-refractivity contribution in [1.29, 1.82) is 0 Å². The maximum atomic E-state index is 12.5. The van der Waals surface area contributed by atoms with Gasteiger partial charge in [-0.2, -0.15) is 0 Å². The minimum atomic E-state index is -0.404. The SMILES string of the molecule is CCCCCCCC/C=C\CCCCCCC(O)CN(CCCC(=O)OCCN1CCN(C)CC1)CC(O)CCCCCC/C=C\CCCCCCCC. The summed E-state index contributed by atoms with van der Waals surface area (Å²) in [4.78, 5) is 19.4. The average Bonchev–Trinajstić information content (AvgIpc) is 3.15. The smallest absolute Gasteiger partial charge is 0.305 e. The van der Waals surface area contributed by atoms with Gasteiger partial charge in [0, 0.05) is 52.2 Å². The molecule has 1 aliphatic heterocycles. The topological polar surface area (TPSA) is 76.5 Å². The molecule has 0 aromatic carbocycles. The van der Waals surface area contributed by atoms with Crippen LogP contribution in [-0.4, -0.2) is 109 Å². The second kappa shape index (κ2) is 38.6. The first-order valence-electron chi connectivity index (χ1n) is 23.4. The molecular weight excluding hydrogens is 671 g/mol. The second-order valence-corrected chi connectivity index (χ2v) is 16.6. The number of likely N-dealkylation sites (N-methyl/N-ethyl adjacent to an activating group) is 1. The predicted octanol–water partition coefficient (Wildman–Crippen LogP) is 10.9. The zero-order valence-corrected chi connectivity index (χ0v) is 36.2. The van der Waals surface area contributed by atoms with Gasteiger partial charge in [-0.05, 0) is 84.2 Å². The van der Waals surface area contributed by atoms with Crippen molar-refractivity contribution in [3.63, 3.8) is 0 Å². The van der Waals surface area contributed by atoms with E-state index in [1.807, 2.05) is 0 Å². The first kappa shape index (κ1) is 50.8. The number of allylic oxidation sites excluding steroid dienone is 4. The van der Waals surface area contributed by atoms with Gasteiger partial charge in [0.05, 0.1) is 12.2 Å². The van der Waals surface area contributed by atoms with E-state index in [0.717, 1.165) is 71.2 Å². The van der Waals surface area contributed by atoms with E-state index in [2.05, 4.69) is 59.9 Å². The first-order chi connectivity index (χ1) is 26.4. The maximum Gasteiger partial charge on any atom is 0.305 e. The Balaban J connectivity index is 2.30. The number of carbonyl (C=O) groups is 1. The molecule has 7 heteroatoms. The molecule has 0 saturated carbocycles. The number of piperazine rings is 1. The monoisotopic (exact) mass is 762 g/mol. The highest BCUT2D eigenvalue weighted by Gasteiger charge is 2.17. The molecule has 0 radical (unpaired) electrons. The van der Waals surface area contributed by atoms with Crippen LogP contribution in [0.3, 0.4) is 0 Å². The van der Waals surface area contributed by atoms with Crippen LogP contribution in [0.25, 0.3) is 0 Å². The van der Waals surface area contributed by atoms with Crippen molar-refractivity contribution >= 4 is 5.97 Å². The van der Waals surface area contributed by atoms with Gasteiger partial charge in [-0.25, -0.2) is 0 Å². The number of aliphatic hydroxyl groups is 2. The molecule has 0 aromatic rings. The Morgan fingerprint density at radius 1 is 0.593 bits per heavy atom. The van der Waals surface area contributed by atoms with Crippen LogP contribution < -0.4 is 0 Å². The van der Waals surface area contributed by atoms with Gasteiger partial charge in [-0.1, -0.05) is 141 Å². The van der Waals surface area contributed by atoms with Crippen molar-refractivity contribution < 1.29 is 19.7 Å². The van der Waals surface area contributed by atoms with Crippen molar-refractivity contribution in [3.05, 3.63) is 24.3 Å². The van der Waals surface area contributed by atoms with E-state index in [0.29, 0.717) is 39.1 Å². The van der Waals surface area contributed by atoms with Crippen LogP contribution in [0, 0.1) is 0 Å². The molecule has 1 heterocycles. The third-order valence-corrected chi connectivity index (χ3v) is 11.2. The van der Waals surface area contributed by atoms with Crippen LogP contribution in [-0.2, 0) is 9.53 Å². The Bertz CT molecular complexity index is 814. The number of carbonyl (C=O) groups excluding carboxylic acids is 1. The Hall–Kier alpha value is -1.25. The van der Waals surface area contributed by atoms with Gasteiger partial charge in [0.25, 0.3) is 0 Å². The van der Waals surface area contributed by atoms with Crippen LogP contribution >= 0.6 is 0 Å². The molecule has 0 bridgehead atoms. The zero-order valence-electron chi connectivity index (χ0n) is 36.2. The molecule has 2 atom stereocenters. The van der Waals surface area contributed by atoms with E-state index >= 15 is 0 Å². The molecule has 54 heavy (non-hydrogen) atoms. The van der Waals surface area contributed by atoms with Gasteiger partial charge in [0.2, 0.25) is 0 Å². The lowest BCUT2D eigenvalue weighted by Crippen LogP contribution is -2.45. The van der Waals surface area contributed by atoms with Crippen molar-refractivity contribution in [1.82, 2.24) is 14.7 Å². The van der Waals surface area contributed by atoms with Crippen LogP contribution in [0.2, 0.25) is 0 Å². The normalized spacial score (nSPS) is 15.6. The van der Waals surface area contributed by atoms with E-state index in [1.165, 1.54) is 128 Å². The van der Waals surface area contributed by atoms with Gasteiger partial charge in [0.1, 0.15) is 6.61 Å². The fourth-order valence-electron chi connectivity index (χ4n) is 7.46. The molecule has 2 unspecified atom stereocenters. The number of aliphatic hydroxyl groups excluding tert-OH is 2. The van der Waals surface area contributed by atoms with Gasteiger partial charge < -0.3 is 19.8 Å². The number of hydrogen-bond acceptors (Lipinski definition) is 7. The largest absolute Gasteiger partial charge is 0.464 e. The molecule has 0 spiro atoms. The number of esters is 1. The summed E-state index contributed by atoms with van der Waals surface area (Å²) in [6, 6.07) is 0. The lowest BCUT2D eigenvalue weighted by molar-refractivity contribution is -0.144. The summed E-state index contributed by atoms with van der Waals surface area (Å²) in [5.41, 5.74) is 0. The van der Waals surface area contributed by atoms with E-state index in [4.69, 9.17) is 4.74 Å². The fourth-order valence-corrected chi connectivity index (χ4v) is 7.46. The molecule has 0 amide bonds. The Labute approximate surface area is 335 Å². The summed E-state index contributed by atoms with van der Waals surface area (Å²) in [5.74, 6) is -0.139. The van der Waals surface area contributed by atoms with E-state index < -0.39 is 12.2 Å². The molecule has 0 aliphatic carbocycles. The van der Waals surface area contributed by atoms with Crippen LogP contribution in [0.4, 0.5) is 0 Å². The van der Waals surface area contributed by atoms with Gasteiger partial charge in [-0.15, -0.1) is 0 Å². The van der Waals surface area contributed by atoms with Crippen molar-refractivity contribution in [2.75, 3.05) is 66.0 Å². The highest BCUT2D eigenvalue weighted by molar-refractivity contribution is 5.69. The van der Waals surface area contributed by atoms with Gasteiger partial charge in [0.15, 0.2) is 0 Å². The molecule has 7 nitrogen and oxygen atoms in total. The summed E-state index contributed by atoms with van der Waals surface area (Å²) < 4.78 is 5.56. The third-order valence-electron chi connectivity index (χ3n) is 11.2. The molecule has 1 fully saturated rings. The molecule has 1 aliphatic rings. The standard InChI is InChI=1S/C47H91N3O4/c1-4-6-8-10-12-14-16-18-20-22-24-26-28-30-33-45(51)43-50(36-32-35-47(53)54-42-41-49-39-37-48(3)38-40-49)44-46(52)34-31-29-27-25-23-21-19-17-15-13-11-9-7-5-2/h18-21,45-46,51-52H,4-17,22-44H2,1-3H3/b20-18-,21-19-. The maximum absolute atomic E-state index is 12.5. The predicted molar refractivity (Wildman–Crippen MR) is 232 cm³/mol. The Morgan fingerprint density at radius 2 is 1.00 bits per heavy atom. The first-order valence-corrected chi connectivity index (χ1v) is 23.4. The quantitative estimate of drug-likeness (QED) is 0.0367. The lowest BCUT2D eigenvalue weighted by Gasteiger charge is -2.32. The number of unbranched alkanes of at least 4 members (excludes halogenated alkanes) is 20. The molecule has 0 aromatic heterocycles. The van der Waals surface area contributed by atoms with Crippen LogP contribution in [0.1, 0.15) is 194 Å². The van der Waals surface area contributed by atoms with Crippen LogP contribution in [0.5, 0.6) is 0 Å². The molecule has 1 saturated heterocycles. The number of nitrogens with zero attached hydrogens (tertiary/aromatic N) is 3. The van der Waals surface area contributed by atoms with Gasteiger partial charge >= 0.3 is 5.97 Å². The fraction of sp³-hybridized carbons (Fsp3) is 0.894. The van der Waals surface area contributed by atoms with Crippen molar-refractivity contribution in [2.45, 2.75) is 206 Å². The average molecular weight is 762 g/mol. The van der Waals surface area contributed by atoms with E-state index in [1.54, 1.807) is 0 Å². The Kier molecular flexibility index (Phi) is 36.3. The Morgan fingerprint density at radius 3 is 1.44 bits per heavy atom. The van der Waals surface area contributed by atoms with Crippen molar-refractivity contribution in [2.24, 2.45) is 0 Å². The molecule has 1 rings (SSSR count). The van der Waals surface area contributed by atoms with Crippen LogP contribution in [0.15, 0.2) is 24.3 Å². The molecule has 318 valence electrons.